The Morgan fingerprint density at radius 3 is 2.64 bits per heavy atom. The molecule has 144 valence electrons. The number of carbonyl (C=O) groups excluding carboxylic acids is 1. The molecule has 8 nitrogen and oxygen atoms in total. The zero-order valence-corrected chi connectivity index (χ0v) is 15.8. The molecule has 0 radical (unpaired) electrons. The van der Waals surface area contributed by atoms with Crippen molar-refractivity contribution in [3.63, 3.8) is 0 Å². The van der Waals surface area contributed by atoms with Gasteiger partial charge in [0.25, 0.3) is 0 Å². The van der Waals surface area contributed by atoms with Gasteiger partial charge in [-0.25, -0.2) is 9.78 Å². The standard InChI is InChI=1S/C20H23N7O/c1-2-18-23-19(25-24-18)15-4-3-5-16(14-15)22-20(28)27-12-10-26(11-13-27)17-6-8-21-9-7-17/h3-9,14H,2,10-13H2,1H3,(H,22,28)(H,23,24,25). The van der Waals surface area contributed by atoms with Crippen molar-refractivity contribution in [1.29, 1.82) is 0 Å². The van der Waals surface area contributed by atoms with Crippen molar-refractivity contribution in [2.45, 2.75) is 13.3 Å². The summed E-state index contributed by atoms with van der Waals surface area (Å²) in [6.07, 6.45) is 4.38. The van der Waals surface area contributed by atoms with Crippen LogP contribution in [0.25, 0.3) is 11.4 Å². The number of piperazine rings is 1. The van der Waals surface area contributed by atoms with Gasteiger partial charge in [0.05, 0.1) is 0 Å². The number of pyridine rings is 1. The summed E-state index contributed by atoms with van der Waals surface area (Å²) in [5.74, 6) is 1.48. The Kier molecular flexibility index (Phi) is 5.18. The highest BCUT2D eigenvalue weighted by Gasteiger charge is 2.21. The van der Waals surface area contributed by atoms with Crippen LogP contribution >= 0.6 is 0 Å². The van der Waals surface area contributed by atoms with Gasteiger partial charge in [-0.05, 0) is 24.3 Å². The maximum absolute atomic E-state index is 12.7. The Labute approximate surface area is 163 Å². The number of nitrogens with zero attached hydrogens (tertiary/aromatic N) is 5. The summed E-state index contributed by atoms with van der Waals surface area (Å²) in [6, 6.07) is 11.5. The summed E-state index contributed by atoms with van der Waals surface area (Å²) in [7, 11) is 0. The lowest BCUT2D eigenvalue weighted by Gasteiger charge is -2.36. The lowest BCUT2D eigenvalue weighted by Crippen LogP contribution is -2.50. The van der Waals surface area contributed by atoms with Crippen LogP contribution in [0.5, 0.6) is 0 Å². The van der Waals surface area contributed by atoms with E-state index in [1.807, 2.05) is 48.2 Å². The average molecular weight is 377 g/mol. The van der Waals surface area contributed by atoms with Crippen molar-refractivity contribution in [1.82, 2.24) is 25.1 Å². The van der Waals surface area contributed by atoms with Crippen molar-refractivity contribution >= 4 is 17.4 Å². The van der Waals surface area contributed by atoms with E-state index < -0.39 is 0 Å². The van der Waals surface area contributed by atoms with Crippen molar-refractivity contribution in [3.05, 3.63) is 54.6 Å². The van der Waals surface area contributed by atoms with Crippen LogP contribution in [0.4, 0.5) is 16.2 Å². The Bertz CT molecular complexity index is 932. The van der Waals surface area contributed by atoms with E-state index in [-0.39, 0.29) is 6.03 Å². The second-order valence-corrected chi connectivity index (χ2v) is 6.65. The van der Waals surface area contributed by atoms with E-state index in [1.165, 1.54) is 0 Å². The lowest BCUT2D eigenvalue weighted by molar-refractivity contribution is 0.208. The molecule has 2 N–H and O–H groups in total. The molecule has 0 spiro atoms. The first-order valence-corrected chi connectivity index (χ1v) is 9.45. The molecule has 2 aromatic heterocycles. The van der Waals surface area contributed by atoms with Gasteiger partial charge in [0, 0.05) is 61.9 Å². The minimum atomic E-state index is -0.0873. The van der Waals surface area contributed by atoms with Crippen LogP contribution < -0.4 is 10.2 Å². The third-order valence-electron chi connectivity index (χ3n) is 4.83. The number of H-pyrrole nitrogens is 1. The number of urea groups is 1. The number of hydrogen-bond acceptors (Lipinski definition) is 5. The second kappa shape index (κ2) is 8.08. The molecule has 1 fully saturated rings. The van der Waals surface area contributed by atoms with Gasteiger partial charge in [-0.1, -0.05) is 19.1 Å². The van der Waals surface area contributed by atoms with E-state index in [0.29, 0.717) is 18.9 Å². The number of amides is 2. The van der Waals surface area contributed by atoms with Crippen LogP contribution in [0.15, 0.2) is 48.8 Å². The highest BCUT2D eigenvalue weighted by molar-refractivity contribution is 5.90. The molecule has 8 heteroatoms. The summed E-state index contributed by atoms with van der Waals surface area (Å²) < 4.78 is 0. The number of aryl methyl sites for hydroxylation is 1. The molecule has 2 amide bonds. The Hall–Kier alpha value is -3.42. The van der Waals surface area contributed by atoms with Gasteiger partial charge in [-0.3, -0.25) is 10.1 Å². The minimum Gasteiger partial charge on any atom is -0.368 e. The summed E-state index contributed by atoms with van der Waals surface area (Å²) >= 11 is 0. The molecule has 0 saturated carbocycles. The lowest BCUT2D eigenvalue weighted by atomic mass is 10.2. The first-order valence-electron chi connectivity index (χ1n) is 9.45. The molecule has 1 aliphatic heterocycles. The molecular weight excluding hydrogens is 354 g/mol. The number of aromatic nitrogens is 4. The molecule has 0 bridgehead atoms. The zero-order chi connectivity index (χ0) is 19.3. The quantitative estimate of drug-likeness (QED) is 0.730. The van der Waals surface area contributed by atoms with E-state index in [1.54, 1.807) is 12.4 Å². The van der Waals surface area contributed by atoms with E-state index in [4.69, 9.17) is 0 Å². The van der Waals surface area contributed by atoms with Crippen molar-refractivity contribution < 1.29 is 4.79 Å². The monoisotopic (exact) mass is 377 g/mol. The molecule has 4 rings (SSSR count). The Morgan fingerprint density at radius 1 is 1.14 bits per heavy atom. The van der Waals surface area contributed by atoms with Crippen molar-refractivity contribution in [2.24, 2.45) is 0 Å². The van der Waals surface area contributed by atoms with Crippen LogP contribution in [-0.2, 0) is 6.42 Å². The molecule has 0 atom stereocenters. The molecule has 0 unspecified atom stereocenters. The summed E-state index contributed by atoms with van der Waals surface area (Å²) in [4.78, 5) is 25.3. The van der Waals surface area contributed by atoms with Crippen molar-refractivity contribution in [2.75, 3.05) is 36.4 Å². The topological polar surface area (TPSA) is 90.0 Å². The third-order valence-corrected chi connectivity index (χ3v) is 4.83. The largest absolute Gasteiger partial charge is 0.368 e. The Morgan fingerprint density at radius 2 is 1.93 bits per heavy atom. The Balaban J connectivity index is 1.37. The summed E-state index contributed by atoms with van der Waals surface area (Å²) in [5, 5.41) is 10.1. The third kappa shape index (κ3) is 3.95. The first kappa shape index (κ1) is 18.0. The van der Waals surface area contributed by atoms with E-state index >= 15 is 0 Å². The van der Waals surface area contributed by atoms with Gasteiger partial charge >= 0.3 is 6.03 Å². The first-order chi connectivity index (χ1) is 13.7. The van der Waals surface area contributed by atoms with Crippen LogP contribution in [-0.4, -0.2) is 57.3 Å². The van der Waals surface area contributed by atoms with Gasteiger partial charge in [-0.15, -0.1) is 0 Å². The summed E-state index contributed by atoms with van der Waals surface area (Å²) in [6.45, 7) is 4.97. The smallest absolute Gasteiger partial charge is 0.321 e. The predicted octanol–water partition coefficient (Wildman–Crippen LogP) is 2.78. The maximum Gasteiger partial charge on any atom is 0.321 e. The molecule has 1 saturated heterocycles. The number of nitrogens with one attached hydrogen (secondary N) is 2. The molecule has 0 aliphatic carbocycles. The fraction of sp³-hybridized carbons (Fsp3) is 0.300. The van der Waals surface area contributed by atoms with Crippen molar-refractivity contribution in [3.8, 4) is 11.4 Å². The van der Waals surface area contributed by atoms with E-state index in [9.17, 15) is 4.79 Å². The fourth-order valence-corrected chi connectivity index (χ4v) is 3.24. The number of hydrogen-bond donors (Lipinski definition) is 2. The number of benzene rings is 1. The highest BCUT2D eigenvalue weighted by Crippen LogP contribution is 2.20. The number of rotatable bonds is 4. The van der Waals surface area contributed by atoms with Crippen LogP contribution in [0, 0.1) is 0 Å². The van der Waals surface area contributed by atoms with Gasteiger partial charge < -0.3 is 15.1 Å². The van der Waals surface area contributed by atoms with E-state index in [0.717, 1.165) is 42.3 Å². The number of anilines is 2. The molecule has 3 heterocycles. The van der Waals surface area contributed by atoms with Gasteiger partial charge in [0.1, 0.15) is 5.82 Å². The van der Waals surface area contributed by atoms with E-state index in [2.05, 4.69) is 30.4 Å². The average Bonchev–Trinajstić information content (AvgIpc) is 3.24. The number of aromatic amines is 1. The zero-order valence-electron chi connectivity index (χ0n) is 15.8. The second-order valence-electron chi connectivity index (χ2n) is 6.65. The SMILES string of the molecule is CCc1nc(-c2cccc(NC(=O)N3CCN(c4ccncc4)CC3)c2)n[nH]1. The molecule has 3 aromatic rings. The predicted molar refractivity (Wildman–Crippen MR) is 108 cm³/mol. The molecular formula is C20H23N7O. The van der Waals surface area contributed by atoms with Crippen LogP contribution in [0.3, 0.4) is 0 Å². The molecule has 1 aliphatic rings. The molecule has 1 aromatic carbocycles. The van der Waals surface area contributed by atoms with Gasteiger partial charge in [0.2, 0.25) is 0 Å². The van der Waals surface area contributed by atoms with Gasteiger partial charge in [-0.2, -0.15) is 5.10 Å². The number of carbonyl (C=O) groups is 1. The highest BCUT2D eigenvalue weighted by atomic mass is 16.2. The molecule has 28 heavy (non-hydrogen) atoms. The fourth-order valence-electron chi connectivity index (χ4n) is 3.24. The van der Waals surface area contributed by atoms with Crippen LogP contribution in [0.1, 0.15) is 12.7 Å². The maximum atomic E-state index is 12.7. The minimum absolute atomic E-state index is 0.0873. The van der Waals surface area contributed by atoms with Crippen LogP contribution in [0.2, 0.25) is 0 Å². The summed E-state index contributed by atoms with van der Waals surface area (Å²) in [5.41, 5.74) is 2.75. The normalized spacial score (nSPS) is 14.2. The van der Waals surface area contributed by atoms with Gasteiger partial charge in [0.15, 0.2) is 5.82 Å².